The fourth-order valence-corrected chi connectivity index (χ4v) is 1.89. The van der Waals surface area contributed by atoms with Crippen LogP contribution in [0.2, 0.25) is 0 Å². The van der Waals surface area contributed by atoms with E-state index in [4.69, 9.17) is 0 Å². The van der Waals surface area contributed by atoms with Crippen molar-refractivity contribution in [3.63, 3.8) is 0 Å². The first-order valence-electron chi connectivity index (χ1n) is 6.49. The first kappa shape index (κ1) is 14.0. The number of carbonyl (C=O) groups is 1. The molecule has 0 fully saturated rings. The number of aromatic nitrogens is 3. The maximum absolute atomic E-state index is 11.4. The molecule has 106 valence electrons. The Kier molecular flexibility index (Phi) is 4.70. The SMILES string of the molecule is COC(=O)c1ccc(NCCCc2ncc[nH]2)nc1C. The van der Waals surface area contributed by atoms with E-state index >= 15 is 0 Å². The minimum Gasteiger partial charge on any atom is -0.465 e. The van der Waals surface area contributed by atoms with E-state index in [1.54, 1.807) is 25.3 Å². The van der Waals surface area contributed by atoms with Crippen LogP contribution in [-0.2, 0) is 11.2 Å². The Morgan fingerprint density at radius 2 is 2.30 bits per heavy atom. The Labute approximate surface area is 117 Å². The molecule has 0 aliphatic rings. The molecule has 20 heavy (non-hydrogen) atoms. The van der Waals surface area contributed by atoms with E-state index in [-0.39, 0.29) is 5.97 Å². The van der Waals surface area contributed by atoms with Crippen molar-refractivity contribution >= 4 is 11.8 Å². The fourth-order valence-electron chi connectivity index (χ4n) is 1.89. The van der Waals surface area contributed by atoms with Crippen LogP contribution >= 0.6 is 0 Å². The number of nitrogens with one attached hydrogen (secondary N) is 2. The number of hydrogen-bond donors (Lipinski definition) is 2. The largest absolute Gasteiger partial charge is 0.465 e. The highest BCUT2D eigenvalue weighted by Crippen LogP contribution is 2.11. The van der Waals surface area contributed by atoms with Crippen LogP contribution in [0.15, 0.2) is 24.5 Å². The topological polar surface area (TPSA) is 79.9 Å². The zero-order valence-electron chi connectivity index (χ0n) is 11.6. The fraction of sp³-hybridized carbons (Fsp3) is 0.357. The average molecular weight is 274 g/mol. The van der Waals surface area contributed by atoms with Gasteiger partial charge in [-0.2, -0.15) is 0 Å². The van der Waals surface area contributed by atoms with Crippen molar-refractivity contribution in [3.05, 3.63) is 41.6 Å². The number of H-pyrrole nitrogens is 1. The van der Waals surface area contributed by atoms with Crippen LogP contribution in [-0.4, -0.2) is 34.6 Å². The van der Waals surface area contributed by atoms with Gasteiger partial charge in [-0.15, -0.1) is 0 Å². The van der Waals surface area contributed by atoms with Gasteiger partial charge in [0.1, 0.15) is 11.6 Å². The van der Waals surface area contributed by atoms with Crippen LogP contribution in [0.3, 0.4) is 0 Å². The molecule has 6 nitrogen and oxygen atoms in total. The molecule has 2 rings (SSSR count). The molecule has 6 heteroatoms. The van der Waals surface area contributed by atoms with E-state index in [9.17, 15) is 4.79 Å². The lowest BCUT2D eigenvalue weighted by atomic mass is 10.2. The maximum atomic E-state index is 11.4. The van der Waals surface area contributed by atoms with E-state index in [0.29, 0.717) is 11.3 Å². The number of esters is 1. The highest BCUT2D eigenvalue weighted by Gasteiger charge is 2.10. The predicted molar refractivity (Wildman–Crippen MR) is 75.7 cm³/mol. The van der Waals surface area contributed by atoms with Crippen LogP contribution in [0.4, 0.5) is 5.82 Å². The maximum Gasteiger partial charge on any atom is 0.339 e. The number of hydrogen-bond acceptors (Lipinski definition) is 5. The van der Waals surface area contributed by atoms with Gasteiger partial charge in [0.25, 0.3) is 0 Å². The van der Waals surface area contributed by atoms with Gasteiger partial charge in [0.15, 0.2) is 0 Å². The second-order valence-corrected chi connectivity index (χ2v) is 4.39. The number of pyridine rings is 1. The van der Waals surface area contributed by atoms with Gasteiger partial charge in [0.05, 0.1) is 18.4 Å². The Hall–Kier alpha value is -2.37. The third-order valence-electron chi connectivity index (χ3n) is 2.94. The van der Waals surface area contributed by atoms with Crippen molar-refractivity contribution in [3.8, 4) is 0 Å². The van der Waals surface area contributed by atoms with Gasteiger partial charge >= 0.3 is 5.97 Å². The molecule has 0 amide bonds. The molecule has 0 atom stereocenters. The molecule has 0 aromatic carbocycles. The van der Waals surface area contributed by atoms with Gasteiger partial charge < -0.3 is 15.0 Å². The molecule has 0 bridgehead atoms. The number of ether oxygens (including phenoxy) is 1. The Bertz CT molecular complexity index is 567. The van der Waals surface area contributed by atoms with Gasteiger partial charge in [-0.3, -0.25) is 0 Å². The van der Waals surface area contributed by atoms with Crippen LogP contribution < -0.4 is 5.32 Å². The molecule has 0 aliphatic carbocycles. The second kappa shape index (κ2) is 6.70. The number of methoxy groups -OCH3 is 1. The zero-order valence-corrected chi connectivity index (χ0v) is 11.6. The lowest BCUT2D eigenvalue weighted by Crippen LogP contribution is -2.09. The first-order chi connectivity index (χ1) is 9.70. The van der Waals surface area contributed by atoms with Crippen molar-refractivity contribution in [2.24, 2.45) is 0 Å². The van der Waals surface area contributed by atoms with Gasteiger partial charge in [0.2, 0.25) is 0 Å². The van der Waals surface area contributed by atoms with Crippen molar-refractivity contribution in [1.82, 2.24) is 15.0 Å². The second-order valence-electron chi connectivity index (χ2n) is 4.39. The third kappa shape index (κ3) is 3.57. The van der Waals surface area contributed by atoms with Gasteiger partial charge in [-0.05, 0) is 25.5 Å². The molecule has 0 spiro atoms. The lowest BCUT2D eigenvalue weighted by Gasteiger charge is -2.08. The van der Waals surface area contributed by atoms with E-state index < -0.39 is 0 Å². The summed E-state index contributed by atoms with van der Waals surface area (Å²) in [4.78, 5) is 23.0. The van der Waals surface area contributed by atoms with Crippen LogP contribution in [0, 0.1) is 6.92 Å². The summed E-state index contributed by atoms with van der Waals surface area (Å²) in [5, 5.41) is 3.23. The smallest absolute Gasteiger partial charge is 0.339 e. The number of carbonyl (C=O) groups excluding carboxylic acids is 1. The molecule has 2 aromatic heterocycles. The molecular formula is C14H18N4O2. The minimum absolute atomic E-state index is 0.362. The number of rotatable bonds is 6. The molecule has 0 saturated heterocycles. The Morgan fingerprint density at radius 1 is 1.45 bits per heavy atom. The minimum atomic E-state index is -0.362. The quantitative estimate of drug-likeness (QED) is 0.621. The number of aromatic amines is 1. The van der Waals surface area contributed by atoms with Crippen molar-refractivity contribution in [2.45, 2.75) is 19.8 Å². The molecule has 0 saturated carbocycles. The van der Waals surface area contributed by atoms with Crippen LogP contribution in [0.25, 0.3) is 0 Å². The summed E-state index contributed by atoms with van der Waals surface area (Å²) >= 11 is 0. The highest BCUT2D eigenvalue weighted by molar-refractivity contribution is 5.90. The molecule has 0 aliphatic heterocycles. The number of anilines is 1. The van der Waals surface area contributed by atoms with Crippen LogP contribution in [0.5, 0.6) is 0 Å². The summed E-state index contributed by atoms with van der Waals surface area (Å²) < 4.78 is 4.69. The number of nitrogens with zero attached hydrogens (tertiary/aromatic N) is 2. The summed E-state index contributed by atoms with van der Waals surface area (Å²) in [6.45, 7) is 2.59. The Balaban J connectivity index is 1.84. The van der Waals surface area contributed by atoms with E-state index in [2.05, 4.69) is 25.0 Å². The molecule has 2 N–H and O–H groups in total. The van der Waals surface area contributed by atoms with Gasteiger partial charge in [0, 0.05) is 25.4 Å². The monoisotopic (exact) mass is 274 g/mol. The number of aryl methyl sites for hydroxylation is 2. The van der Waals surface area contributed by atoms with Crippen LogP contribution in [0.1, 0.15) is 28.3 Å². The summed E-state index contributed by atoms with van der Waals surface area (Å²) in [7, 11) is 1.36. The Morgan fingerprint density at radius 3 is 2.95 bits per heavy atom. The van der Waals surface area contributed by atoms with E-state index in [1.165, 1.54) is 7.11 Å². The summed E-state index contributed by atoms with van der Waals surface area (Å²) in [5.74, 6) is 1.38. The van der Waals surface area contributed by atoms with Gasteiger partial charge in [-0.1, -0.05) is 0 Å². The predicted octanol–water partition coefficient (Wildman–Crippen LogP) is 1.94. The summed E-state index contributed by atoms with van der Waals surface area (Å²) in [6.07, 6.45) is 5.41. The average Bonchev–Trinajstić information content (AvgIpc) is 2.96. The third-order valence-corrected chi connectivity index (χ3v) is 2.94. The standard InChI is InChI=1S/C14H18N4O2/c1-10-11(14(19)20-2)5-6-13(18-10)15-7-3-4-12-16-8-9-17-12/h5-6,8-9H,3-4,7H2,1-2H3,(H,15,18)(H,16,17). The number of imidazole rings is 1. The first-order valence-corrected chi connectivity index (χ1v) is 6.49. The summed E-state index contributed by atoms with van der Waals surface area (Å²) in [6, 6.07) is 3.51. The molecular weight excluding hydrogens is 256 g/mol. The molecule has 0 radical (unpaired) electrons. The summed E-state index contributed by atoms with van der Waals surface area (Å²) in [5.41, 5.74) is 1.15. The molecule has 2 aromatic rings. The van der Waals surface area contributed by atoms with E-state index in [1.807, 2.05) is 6.20 Å². The van der Waals surface area contributed by atoms with Crippen molar-refractivity contribution in [1.29, 1.82) is 0 Å². The van der Waals surface area contributed by atoms with Gasteiger partial charge in [-0.25, -0.2) is 14.8 Å². The van der Waals surface area contributed by atoms with Crippen molar-refractivity contribution < 1.29 is 9.53 Å². The van der Waals surface area contributed by atoms with Crippen molar-refractivity contribution in [2.75, 3.05) is 19.0 Å². The zero-order chi connectivity index (χ0) is 14.4. The lowest BCUT2D eigenvalue weighted by molar-refractivity contribution is 0.0599. The normalized spacial score (nSPS) is 10.3. The van der Waals surface area contributed by atoms with E-state index in [0.717, 1.165) is 31.0 Å². The molecule has 0 unspecified atom stereocenters. The highest BCUT2D eigenvalue weighted by atomic mass is 16.5. The molecule has 2 heterocycles.